The van der Waals surface area contributed by atoms with Gasteiger partial charge in [0.15, 0.2) is 0 Å². The van der Waals surface area contributed by atoms with Gasteiger partial charge in [0.2, 0.25) is 5.91 Å². The Bertz CT molecular complexity index is 775. The molecule has 4 N–H and O–H groups in total. The van der Waals surface area contributed by atoms with Gasteiger partial charge < -0.3 is 25.5 Å². The van der Waals surface area contributed by atoms with Crippen LogP contribution < -0.4 is 5.32 Å². The van der Waals surface area contributed by atoms with Gasteiger partial charge in [-0.1, -0.05) is 42.0 Å². The predicted octanol–water partition coefficient (Wildman–Crippen LogP) is 0.669. The number of hydrogen-bond donors (Lipinski definition) is 4. The maximum atomic E-state index is 12.6. The van der Waals surface area contributed by atoms with E-state index in [1.54, 1.807) is 0 Å². The number of nitrogens with one attached hydrogen (secondary N) is 1. The second-order valence-electron chi connectivity index (χ2n) is 8.17. The molecule has 1 aromatic carbocycles. The number of likely N-dealkylation sites (tertiary alicyclic amines) is 1. The number of aryl methyl sites for hydroxylation is 1. The second kappa shape index (κ2) is 12.9. The summed E-state index contributed by atoms with van der Waals surface area (Å²) >= 11 is 0. The lowest BCUT2D eigenvalue weighted by molar-refractivity contribution is -0.159. The van der Waals surface area contributed by atoms with E-state index >= 15 is 0 Å². The summed E-state index contributed by atoms with van der Waals surface area (Å²) in [7, 11) is 0. The molecular weight excluding hydrogens is 414 g/mol. The van der Waals surface area contributed by atoms with Gasteiger partial charge in [-0.05, 0) is 31.2 Å². The number of carboxylic acids is 2. The minimum atomic E-state index is -1.82. The Morgan fingerprint density at radius 3 is 2.25 bits per heavy atom. The van der Waals surface area contributed by atoms with Crippen molar-refractivity contribution in [3.63, 3.8) is 0 Å². The third-order valence-electron chi connectivity index (χ3n) is 5.63. The van der Waals surface area contributed by atoms with Crippen molar-refractivity contribution in [2.45, 2.75) is 25.8 Å². The molecule has 2 aliphatic heterocycles. The number of aliphatic carboxylic acids is 2. The number of carbonyl (C=O) groups is 3. The van der Waals surface area contributed by atoms with Gasteiger partial charge in [-0.2, -0.15) is 0 Å². The fourth-order valence-electron chi connectivity index (χ4n) is 3.72. The summed E-state index contributed by atoms with van der Waals surface area (Å²) < 4.78 is 0. The van der Waals surface area contributed by atoms with Gasteiger partial charge >= 0.3 is 11.9 Å². The normalized spacial score (nSPS) is 19.9. The fraction of sp³-hybridized carbons (Fsp3) is 0.522. The molecule has 3 rings (SSSR count). The summed E-state index contributed by atoms with van der Waals surface area (Å²) in [5.41, 5.74) is 2.52. The number of rotatable bonds is 5. The van der Waals surface area contributed by atoms with Crippen LogP contribution in [-0.2, 0) is 14.4 Å². The van der Waals surface area contributed by atoms with E-state index in [1.165, 1.54) is 11.1 Å². The maximum Gasteiger partial charge on any atom is 0.414 e. The lowest BCUT2D eigenvalue weighted by Crippen LogP contribution is -2.55. The summed E-state index contributed by atoms with van der Waals surface area (Å²) in [5.74, 6) is -2.87. The lowest BCUT2D eigenvalue weighted by Gasteiger charge is -2.35. The smallest absolute Gasteiger partial charge is 0.414 e. The first-order chi connectivity index (χ1) is 15.3. The third-order valence-corrected chi connectivity index (χ3v) is 5.63. The Kier molecular flexibility index (Phi) is 10.3. The molecule has 176 valence electrons. The molecule has 2 saturated heterocycles. The van der Waals surface area contributed by atoms with Crippen LogP contribution in [0.1, 0.15) is 24.0 Å². The van der Waals surface area contributed by atoms with Crippen LogP contribution in [0, 0.1) is 12.8 Å². The summed E-state index contributed by atoms with van der Waals surface area (Å²) in [6, 6.07) is 8.67. The zero-order chi connectivity index (χ0) is 23.5. The molecule has 1 aromatic rings. The summed E-state index contributed by atoms with van der Waals surface area (Å²) in [4.78, 5) is 34.9. The molecule has 1 atom stereocenters. The Hall–Kier alpha value is -2.75. The van der Waals surface area contributed by atoms with Crippen LogP contribution >= 0.6 is 0 Å². The van der Waals surface area contributed by atoms with Crippen LogP contribution in [0.4, 0.5) is 0 Å². The molecule has 1 amide bonds. The number of piperidine rings is 1. The van der Waals surface area contributed by atoms with Crippen LogP contribution in [-0.4, -0.2) is 94.9 Å². The number of piperazine rings is 1. The van der Waals surface area contributed by atoms with Gasteiger partial charge in [0.25, 0.3) is 0 Å². The average Bonchev–Trinajstić information content (AvgIpc) is 2.79. The van der Waals surface area contributed by atoms with Crippen molar-refractivity contribution in [1.82, 2.24) is 15.1 Å². The standard InChI is InChI=1S/C21H31N3O2.C2H2O4/c1-17-2-4-18(5-3-17)6-7-19-8-11-24(12-9-19)21(26)15-23-13-10-22-20(14-23)16-25;3-1(4)2(5)6/h2-7,19-20,22,25H,8-16H2,1H3;(H,3,4)(H,5,6)/b7-6+;/t20-;/m1./s1. The van der Waals surface area contributed by atoms with E-state index in [9.17, 15) is 9.90 Å². The summed E-state index contributed by atoms with van der Waals surface area (Å²) in [6.07, 6.45) is 6.58. The van der Waals surface area contributed by atoms with E-state index in [0.717, 1.165) is 45.6 Å². The van der Waals surface area contributed by atoms with E-state index in [-0.39, 0.29) is 18.6 Å². The highest BCUT2D eigenvalue weighted by atomic mass is 16.4. The Labute approximate surface area is 188 Å². The largest absolute Gasteiger partial charge is 0.473 e. The van der Waals surface area contributed by atoms with Crippen LogP contribution in [0.25, 0.3) is 6.08 Å². The molecule has 2 heterocycles. The predicted molar refractivity (Wildman–Crippen MR) is 120 cm³/mol. The first kappa shape index (κ1) is 25.5. The van der Waals surface area contributed by atoms with Gasteiger partial charge in [0.1, 0.15) is 0 Å². The van der Waals surface area contributed by atoms with Gasteiger partial charge in [0, 0.05) is 38.8 Å². The quantitative estimate of drug-likeness (QED) is 0.485. The highest BCUT2D eigenvalue weighted by molar-refractivity contribution is 6.27. The number of carbonyl (C=O) groups excluding carboxylic acids is 1. The van der Waals surface area contributed by atoms with Crippen molar-refractivity contribution in [3.8, 4) is 0 Å². The molecule has 0 aromatic heterocycles. The lowest BCUT2D eigenvalue weighted by atomic mass is 9.95. The molecule has 0 saturated carbocycles. The summed E-state index contributed by atoms with van der Waals surface area (Å²) in [6.45, 7) is 6.85. The molecule has 2 fully saturated rings. The molecule has 0 spiro atoms. The highest BCUT2D eigenvalue weighted by Crippen LogP contribution is 2.20. The van der Waals surface area contributed by atoms with Crippen LogP contribution in [0.15, 0.2) is 30.3 Å². The number of aliphatic hydroxyl groups is 1. The van der Waals surface area contributed by atoms with E-state index in [1.807, 2.05) is 4.90 Å². The Morgan fingerprint density at radius 1 is 1.06 bits per heavy atom. The fourth-order valence-corrected chi connectivity index (χ4v) is 3.72. The number of nitrogens with zero attached hydrogens (tertiary/aromatic N) is 2. The first-order valence-corrected chi connectivity index (χ1v) is 10.8. The molecule has 0 radical (unpaired) electrons. The third kappa shape index (κ3) is 8.78. The monoisotopic (exact) mass is 447 g/mol. The van der Waals surface area contributed by atoms with Crippen LogP contribution in [0.2, 0.25) is 0 Å². The Morgan fingerprint density at radius 2 is 1.69 bits per heavy atom. The second-order valence-corrected chi connectivity index (χ2v) is 8.17. The maximum absolute atomic E-state index is 12.6. The minimum Gasteiger partial charge on any atom is -0.473 e. The van der Waals surface area contributed by atoms with Gasteiger partial charge in [-0.15, -0.1) is 0 Å². The van der Waals surface area contributed by atoms with Crippen LogP contribution in [0.5, 0.6) is 0 Å². The van der Waals surface area contributed by atoms with Gasteiger partial charge in [-0.25, -0.2) is 9.59 Å². The van der Waals surface area contributed by atoms with Crippen molar-refractivity contribution in [3.05, 3.63) is 41.5 Å². The number of hydrogen-bond acceptors (Lipinski definition) is 6. The number of amides is 1. The zero-order valence-corrected chi connectivity index (χ0v) is 18.4. The average molecular weight is 448 g/mol. The van der Waals surface area contributed by atoms with Crippen molar-refractivity contribution in [1.29, 1.82) is 0 Å². The Balaban J connectivity index is 0.000000534. The van der Waals surface area contributed by atoms with Gasteiger partial charge in [-0.3, -0.25) is 9.69 Å². The van der Waals surface area contributed by atoms with Crippen molar-refractivity contribution in [2.24, 2.45) is 5.92 Å². The molecule has 9 heteroatoms. The number of carboxylic acid groups (broad SMARTS) is 2. The number of allylic oxidation sites excluding steroid dienone is 1. The molecule has 0 bridgehead atoms. The topological polar surface area (TPSA) is 130 Å². The van der Waals surface area contributed by atoms with Gasteiger partial charge in [0.05, 0.1) is 13.2 Å². The number of aliphatic hydroxyl groups excluding tert-OH is 1. The van der Waals surface area contributed by atoms with E-state index in [2.05, 4.69) is 53.6 Å². The molecule has 9 nitrogen and oxygen atoms in total. The van der Waals surface area contributed by atoms with E-state index in [4.69, 9.17) is 19.8 Å². The minimum absolute atomic E-state index is 0.0918. The summed E-state index contributed by atoms with van der Waals surface area (Å²) in [5, 5.41) is 27.3. The molecule has 2 aliphatic rings. The van der Waals surface area contributed by atoms with E-state index < -0.39 is 11.9 Å². The number of benzene rings is 1. The van der Waals surface area contributed by atoms with E-state index in [0.29, 0.717) is 12.5 Å². The zero-order valence-electron chi connectivity index (χ0n) is 18.4. The SMILES string of the molecule is Cc1ccc(/C=C/C2CCN(C(=O)CN3CCN[C@@H](CO)C3)CC2)cc1.O=C(O)C(=O)O. The molecule has 0 aliphatic carbocycles. The molecular formula is C23H33N3O6. The van der Waals surface area contributed by atoms with Crippen molar-refractivity contribution in [2.75, 3.05) is 45.9 Å². The van der Waals surface area contributed by atoms with Crippen LogP contribution in [0.3, 0.4) is 0 Å². The van der Waals surface area contributed by atoms with Crippen molar-refractivity contribution < 1.29 is 29.7 Å². The first-order valence-electron chi connectivity index (χ1n) is 10.8. The highest BCUT2D eigenvalue weighted by Gasteiger charge is 2.25. The molecule has 32 heavy (non-hydrogen) atoms. The molecule has 0 unspecified atom stereocenters. The van der Waals surface area contributed by atoms with Crippen molar-refractivity contribution >= 4 is 23.9 Å².